The van der Waals surface area contributed by atoms with Gasteiger partial charge in [0, 0.05) is 4.91 Å². The summed E-state index contributed by atoms with van der Waals surface area (Å²) in [5.74, 6) is 0. The molecule has 1 aliphatic carbocycles. The zero-order chi connectivity index (χ0) is 12.5. The van der Waals surface area contributed by atoms with Crippen LogP contribution < -0.4 is 0 Å². The standard InChI is InChI=1S/C10H11N3O3S/c1-17(14,15)16-10-8-5-3-2-4-7(8)6-9(10)12-13-11/h2-5,9-10H,6H2,1H3/t9-,10+/m0/s1. The molecule has 7 heteroatoms. The summed E-state index contributed by atoms with van der Waals surface area (Å²) in [5.41, 5.74) is 10.2. The van der Waals surface area contributed by atoms with Gasteiger partial charge in [-0.15, -0.1) is 0 Å². The van der Waals surface area contributed by atoms with E-state index in [0.29, 0.717) is 6.42 Å². The maximum absolute atomic E-state index is 11.2. The van der Waals surface area contributed by atoms with Gasteiger partial charge < -0.3 is 0 Å². The summed E-state index contributed by atoms with van der Waals surface area (Å²) in [5, 5.41) is 3.60. The minimum absolute atomic E-state index is 0.500. The van der Waals surface area contributed by atoms with Crippen molar-refractivity contribution < 1.29 is 12.6 Å². The monoisotopic (exact) mass is 253 g/mol. The molecule has 0 unspecified atom stereocenters. The van der Waals surface area contributed by atoms with E-state index < -0.39 is 22.3 Å². The molecule has 0 saturated heterocycles. The smallest absolute Gasteiger partial charge is 0.262 e. The van der Waals surface area contributed by atoms with E-state index in [2.05, 4.69) is 10.0 Å². The fraction of sp³-hybridized carbons (Fsp3) is 0.400. The lowest BCUT2D eigenvalue weighted by Crippen LogP contribution is -2.17. The SMILES string of the molecule is CS(=O)(=O)O[C@@H]1c2ccccc2C[C@@H]1N=[N+]=[N-]. The largest absolute Gasteiger partial charge is 0.264 e. The Hall–Kier alpha value is -1.56. The summed E-state index contributed by atoms with van der Waals surface area (Å²) >= 11 is 0. The molecule has 0 aromatic heterocycles. The molecule has 0 heterocycles. The molecule has 0 bridgehead atoms. The molecule has 0 radical (unpaired) electrons. The van der Waals surface area contributed by atoms with Crippen LogP contribution in [-0.2, 0) is 20.7 Å². The van der Waals surface area contributed by atoms with E-state index in [0.717, 1.165) is 17.4 Å². The molecule has 1 aliphatic rings. The molecule has 0 saturated carbocycles. The molecule has 2 atom stereocenters. The van der Waals surface area contributed by atoms with Crippen molar-refractivity contribution in [2.75, 3.05) is 6.26 Å². The highest BCUT2D eigenvalue weighted by Gasteiger charge is 2.34. The molecule has 0 amide bonds. The van der Waals surface area contributed by atoms with Gasteiger partial charge in [0.05, 0.1) is 12.3 Å². The molecular formula is C10H11N3O3S. The average Bonchev–Trinajstić information content (AvgIpc) is 2.56. The third-order valence-corrected chi connectivity index (χ3v) is 3.18. The molecule has 0 fully saturated rings. The first kappa shape index (κ1) is 11.9. The van der Waals surface area contributed by atoms with Crippen LogP contribution in [0.2, 0.25) is 0 Å². The summed E-state index contributed by atoms with van der Waals surface area (Å²) in [6.45, 7) is 0. The first-order valence-electron chi connectivity index (χ1n) is 5.01. The second-order valence-electron chi connectivity index (χ2n) is 3.90. The van der Waals surface area contributed by atoms with Gasteiger partial charge in [-0.25, -0.2) is 0 Å². The van der Waals surface area contributed by atoms with Gasteiger partial charge >= 0.3 is 0 Å². The Morgan fingerprint density at radius 3 is 2.82 bits per heavy atom. The van der Waals surface area contributed by atoms with E-state index in [9.17, 15) is 8.42 Å². The van der Waals surface area contributed by atoms with Crippen LogP contribution in [0.1, 0.15) is 17.2 Å². The third kappa shape index (κ3) is 2.58. The fourth-order valence-electron chi connectivity index (χ4n) is 2.01. The summed E-state index contributed by atoms with van der Waals surface area (Å²) in [6.07, 6.45) is 0.777. The van der Waals surface area contributed by atoms with Crippen molar-refractivity contribution in [3.8, 4) is 0 Å². The number of nitrogens with zero attached hydrogens (tertiary/aromatic N) is 3. The molecule has 0 N–H and O–H groups in total. The lowest BCUT2D eigenvalue weighted by molar-refractivity contribution is 0.196. The summed E-state index contributed by atoms with van der Waals surface area (Å²) < 4.78 is 27.4. The quantitative estimate of drug-likeness (QED) is 0.356. The van der Waals surface area contributed by atoms with Crippen LogP contribution in [0.25, 0.3) is 10.4 Å². The van der Waals surface area contributed by atoms with Gasteiger partial charge in [-0.1, -0.05) is 29.4 Å². The lowest BCUT2D eigenvalue weighted by Gasteiger charge is -2.15. The maximum atomic E-state index is 11.2. The molecule has 1 aromatic carbocycles. The zero-order valence-corrected chi connectivity index (χ0v) is 9.96. The number of hydrogen-bond acceptors (Lipinski definition) is 4. The molecule has 0 spiro atoms. The van der Waals surface area contributed by atoms with Gasteiger partial charge in [-0.2, -0.15) is 8.42 Å². The molecular weight excluding hydrogens is 242 g/mol. The van der Waals surface area contributed by atoms with Crippen LogP contribution in [0.3, 0.4) is 0 Å². The second-order valence-corrected chi connectivity index (χ2v) is 5.50. The van der Waals surface area contributed by atoms with E-state index >= 15 is 0 Å². The van der Waals surface area contributed by atoms with Gasteiger partial charge in [-0.05, 0) is 23.1 Å². The average molecular weight is 253 g/mol. The Morgan fingerprint density at radius 2 is 2.18 bits per heavy atom. The van der Waals surface area contributed by atoms with Crippen molar-refractivity contribution >= 4 is 10.1 Å². The number of rotatable bonds is 3. The van der Waals surface area contributed by atoms with E-state index in [1.165, 1.54) is 0 Å². The second kappa shape index (κ2) is 4.37. The molecule has 0 aliphatic heterocycles. The van der Waals surface area contributed by atoms with Crippen LogP contribution in [0.5, 0.6) is 0 Å². The number of azide groups is 1. The van der Waals surface area contributed by atoms with Crippen molar-refractivity contribution in [2.45, 2.75) is 18.6 Å². The maximum Gasteiger partial charge on any atom is 0.264 e. The van der Waals surface area contributed by atoms with Gasteiger partial charge in [-0.3, -0.25) is 4.18 Å². The molecule has 1 aromatic rings. The van der Waals surface area contributed by atoms with Crippen LogP contribution in [0, 0.1) is 0 Å². The Morgan fingerprint density at radius 1 is 1.47 bits per heavy atom. The topological polar surface area (TPSA) is 92.1 Å². The first-order chi connectivity index (χ1) is 8.01. The van der Waals surface area contributed by atoms with E-state index in [4.69, 9.17) is 9.71 Å². The van der Waals surface area contributed by atoms with Gasteiger partial charge in [0.25, 0.3) is 10.1 Å². The first-order valence-corrected chi connectivity index (χ1v) is 6.83. The van der Waals surface area contributed by atoms with Crippen LogP contribution >= 0.6 is 0 Å². The Labute approximate surface area is 99.0 Å². The number of benzene rings is 1. The number of hydrogen-bond donors (Lipinski definition) is 0. The number of fused-ring (bicyclic) bond motifs is 1. The zero-order valence-electron chi connectivity index (χ0n) is 9.15. The lowest BCUT2D eigenvalue weighted by atomic mass is 10.1. The van der Waals surface area contributed by atoms with Crippen LogP contribution in [0.4, 0.5) is 0 Å². The van der Waals surface area contributed by atoms with Crippen molar-refractivity contribution in [1.82, 2.24) is 0 Å². The Kier molecular flexibility index (Phi) is 3.06. The van der Waals surface area contributed by atoms with Gasteiger partial charge in [0.1, 0.15) is 6.10 Å². The minimum atomic E-state index is -3.58. The normalized spacial score (nSPS) is 22.9. The minimum Gasteiger partial charge on any atom is -0.262 e. The molecule has 6 nitrogen and oxygen atoms in total. The van der Waals surface area contributed by atoms with Crippen LogP contribution in [-0.4, -0.2) is 20.7 Å². The summed E-state index contributed by atoms with van der Waals surface area (Å²) in [4.78, 5) is 2.73. The predicted molar refractivity (Wildman–Crippen MR) is 61.7 cm³/mol. The Balaban J connectivity index is 2.40. The van der Waals surface area contributed by atoms with Gasteiger partial charge in [0.2, 0.25) is 0 Å². The van der Waals surface area contributed by atoms with Crippen LogP contribution in [0.15, 0.2) is 29.4 Å². The molecule has 90 valence electrons. The fourth-order valence-corrected chi connectivity index (χ4v) is 2.62. The van der Waals surface area contributed by atoms with E-state index in [1.54, 1.807) is 12.1 Å². The highest BCUT2D eigenvalue weighted by Crippen LogP contribution is 2.37. The summed E-state index contributed by atoms with van der Waals surface area (Å²) in [7, 11) is -3.58. The third-order valence-electron chi connectivity index (χ3n) is 2.62. The highest BCUT2D eigenvalue weighted by atomic mass is 32.2. The van der Waals surface area contributed by atoms with Crippen molar-refractivity contribution in [1.29, 1.82) is 0 Å². The Bertz CT molecular complexity index is 578. The van der Waals surface area contributed by atoms with E-state index in [-0.39, 0.29) is 0 Å². The molecule has 17 heavy (non-hydrogen) atoms. The van der Waals surface area contributed by atoms with Crippen molar-refractivity contribution in [2.24, 2.45) is 5.11 Å². The van der Waals surface area contributed by atoms with E-state index in [1.807, 2.05) is 12.1 Å². The highest BCUT2D eigenvalue weighted by molar-refractivity contribution is 7.86. The van der Waals surface area contributed by atoms with Gasteiger partial charge in [0.15, 0.2) is 0 Å². The summed E-state index contributed by atoms with van der Waals surface area (Å²) in [6, 6.07) is 6.82. The van der Waals surface area contributed by atoms with Crippen molar-refractivity contribution in [3.05, 3.63) is 45.8 Å². The van der Waals surface area contributed by atoms with Crippen molar-refractivity contribution in [3.63, 3.8) is 0 Å². The molecule has 2 rings (SSSR count). The predicted octanol–water partition coefficient (Wildman–Crippen LogP) is 1.94.